The normalized spacial score (nSPS) is 27.2. The largest absolute Gasteiger partial charge is 0.403 e. The zero-order valence-electron chi connectivity index (χ0n) is 14.0. The van der Waals surface area contributed by atoms with Crippen LogP contribution in [0, 0.1) is 0 Å². The average molecular weight is 329 g/mol. The first kappa shape index (κ1) is 18.3. The van der Waals surface area contributed by atoms with Gasteiger partial charge >= 0.3 is 6.18 Å². The van der Waals surface area contributed by atoms with Crippen molar-refractivity contribution in [3.8, 4) is 0 Å². The van der Waals surface area contributed by atoms with Gasteiger partial charge in [0.15, 0.2) is 0 Å². The Labute approximate surface area is 136 Å². The Bertz CT molecular complexity index is 502. The molecule has 1 aliphatic carbocycles. The highest BCUT2D eigenvalue weighted by Crippen LogP contribution is 2.38. The van der Waals surface area contributed by atoms with E-state index in [9.17, 15) is 18.3 Å². The first-order valence-corrected chi connectivity index (χ1v) is 8.27. The smallest absolute Gasteiger partial charge is 0.385 e. The summed E-state index contributed by atoms with van der Waals surface area (Å²) in [5, 5.41) is 13.5. The summed E-state index contributed by atoms with van der Waals surface area (Å²) in [6.07, 6.45) is -2.17. The van der Waals surface area contributed by atoms with Crippen molar-refractivity contribution in [2.45, 2.75) is 76.2 Å². The molecular formula is C18H26F3NO. The monoisotopic (exact) mass is 329 g/mol. The Balaban J connectivity index is 1.96. The Morgan fingerprint density at radius 1 is 1.09 bits per heavy atom. The van der Waals surface area contributed by atoms with Gasteiger partial charge < -0.3 is 10.4 Å². The fourth-order valence-electron chi connectivity index (χ4n) is 3.18. The van der Waals surface area contributed by atoms with Crippen LogP contribution in [-0.4, -0.2) is 23.4 Å². The molecule has 130 valence electrons. The van der Waals surface area contributed by atoms with E-state index in [1.54, 1.807) is 0 Å². The highest BCUT2D eigenvalue weighted by molar-refractivity contribution is 5.29. The van der Waals surface area contributed by atoms with Gasteiger partial charge in [0, 0.05) is 6.04 Å². The molecule has 0 aliphatic heterocycles. The van der Waals surface area contributed by atoms with Gasteiger partial charge in [-0.2, -0.15) is 13.2 Å². The summed E-state index contributed by atoms with van der Waals surface area (Å²) in [7, 11) is 0. The summed E-state index contributed by atoms with van der Waals surface area (Å²) in [6, 6.07) is 6.23. The second-order valence-electron chi connectivity index (χ2n) is 7.01. The Kier molecular flexibility index (Phi) is 5.41. The summed E-state index contributed by atoms with van der Waals surface area (Å²) in [6.45, 7) is 5.37. The summed E-state index contributed by atoms with van der Waals surface area (Å²) < 4.78 is 37.8. The second kappa shape index (κ2) is 6.81. The lowest BCUT2D eigenvalue weighted by molar-refractivity contribution is -0.154. The van der Waals surface area contributed by atoms with Crippen LogP contribution in [0.2, 0.25) is 0 Å². The standard InChI is InChI=1S/C18H26F3NO/c1-12(2)14-4-6-15(7-5-14)17(23)10-8-16(9-11-17)22-13(3)18(19,20)21/h4-7,12-13,16,22-23H,8-11H2,1-3H3. The maximum Gasteiger partial charge on any atom is 0.403 e. The third-order valence-corrected chi connectivity index (χ3v) is 4.90. The number of hydrogen-bond donors (Lipinski definition) is 2. The maximum atomic E-state index is 12.6. The van der Waals surface area contributed by atoms with Gasteiger partial charge in [-0.25, -0.2) is 0 Å². The van der Waals surface area contributed by atoms with Crippen molar-refractivity contribution in [1.29, 1.82) is 0 Å². The number of alkyl halides is 3. The number of rotatable bonds is 4. The topological polar surface area (TPSA) is 32.3 Å². The fraction of sp³-hybridized carbons (Fsp3) is 0.667. The van der Waals surface area contributed by atoms with E-state index in [0.717, 1.165) is 12.5 Å². The van der Waals surface area contributed by atoms with Crippen molar-refractivity contribution in [2.24, 2.45) is 0 Å². The summed E-state index contributed by atoms with van der Waals surface area (Å²) >= 11 is 0. The van der Waals surface area contributed by atoms with E-state index in [2.05, 4.69) is 19.2 Å². The van der Waals surface area contributed by atoms with Crippen molar-refractivity contribution in [3.63, 3.8) is 0 Å². The molecule has 1 aromatic carbocycles. The molecule has 2 N–H and O–H groups in total. The van der Waals surface area contributed by atoms with Gasteiger partial charge in [0.25, 0.3) is 0 Å². The van der Waals surface area contributed by atoms with E-state index in [4.69, 9.17) is 0 Å². The average Bonchev–Trinajstić information content (AvgIpc) is 2.49. The van der Waals surface area contributed by atoms with Crippen LogP contribution in [0.15, 0.2) is 24.3 Å². The molecule has 0 radical (unpaired) electrons. The number of halogens is 3. The second-order valence-corrected chi connectivity index (χ2v) is 7.01. The van der Waals surface area contributed by atoms with Crippen molar-refractivity contribution < 1.29 is 18.3 Å². The zero-order chi connectivity index (χ0) is 17.3. The molecule has 0 bridgehead atoms. The van der Waals surface area contributed by atoms with Crippen LogP contribution >= 0.6 is 0 Å². The fourth-order valence-corrected chi connectivity index (χ4v) is 3.18. The molecule has 23 heavy (non-hydrogen) atoms. The molecule has 1 aromatic rings. The number of hydrogen-bond acceptors (Lipinski definition) is 2. The van der Waals surface area contributed by atoms with Gasteiger partial charge in [0.05, 0.1) is 5.60 Å². The van der Waals surface area contributed by atoms with Gasteiger partial charge in [-0.1, -0.05) is 38.1 Å². The Morgan fingerprint density at radius 3 is 2.04 bits per heavy atom. The quantitative estimate of drug-likeness (QED) is 0.853. The number of nitrogens with one attached hydrogen (secondary N) is 1. The molecule has 1 aliphatic rings. The predicted molar refractivity (Wildman–Crippen MR) is 85.3 cm³/mol. The molecule has 2 rings (SSSR count). The zero-order valence-corrected chi connectivity index (χ0v) is 14.0. The predicted octanol–water partition coefficient (Wildman–Crippen LogP) is 4.48. The Morgan fingerprint density at radius 2 is 1.61 bits per heavy atom. The first-order valence-electron chi connectivity index (χ1n) is 8.27. The van der Waals surface area contributed by atoms with Gasteiger partial charge in [-0.3, -0.25) is 0 Å². The van der Waals surface area contributed by atoms with Crippen molar-refractivity contribution in [2.75, 3.05) is 0 Å². The van der Waals surface area contributed by atoms with E-state index in [0.29, 0.717) is 31.6 Å². The van der Waals surface area contributed by atoms with E-state index in [1.807, 2.05) is 24.3 Å². The molecule has 1 unspecified atom stereocenters. The summed E-state index contributed by atoms with van der Waals surface area (Å²) in [5.41, 5.74) is 1.16. The molecule has 5 heteroatoms. The molecule has 0 heterocycles. The van der Waals surface area contributed by atoms with Crippen LogP contribution in [0.25, 0.3) is 0 Å². The van der Waals surface area contributed by atoms with E-state index >= 15 is 0 Å². The third-order valence-electron chi connectivity index (χ3n) is 4.90. The molecule has 1 fully saturated rings. The SMILES string of the molecule is CC(C)c1ccc(C2(O)CCC(NC(C)C(F)(F)F)CC2)cc1. The summed E-state index contributed by atoms with van der Waals surface area (Å²) in [5.74, 6) is 0.433. The molecule has 2 nitrogen and oxygen atoms in total. The van der Waals surface area contributed by atoms with Crippen molar-refractivity contribution in [3.05, 3.63) is 35.4 Å². The highest BCUT2D eigenvalue weighted by atomic mass is 19.4. The minimum absolute atomic E-state index is 0.193. The highest BCUT2D eigenvalue weighted by Gasteiger charge is 2.40. The molecule has 0 spiro atoms. The minimum atomic E-state index is -4.22. The maximum absolute atomic E-state index is 12.6. The van der Waals surface area contributed by atoms with E-state index in [-0.39, 0.29) is 6.04 Å². The minimum Gasteiger partial charge on any atom is -0.385 e. The lowest BCUT2D eigenvalue weighted by Crippen LogP contribution is -2.48. The Hall–Kier alpha value is -1.07. The van der Waals surface area contributed by atoms with Crippen LogP contribution in [0.5, 0.6) is 0 Å². The van der Waals surface area contributed by atoms with Gasteiger partial charge in [0.1, 0.15) is 6.04 Å². The molecule has 1 atom stereocenters. The van der Waals surface area contributed by atoms with E-state index < -0.39 is 17.8 Å². The van der Waals surface area contributed by atoms with Crippen LogP contribution in [0.1, 0.15) is 63.5 Å². The van der Waals surface area contributed by atoms with Crippen LogP contribution in [0.4, 0.5) is 13.2 Å². The van der Waals surface area contributed by atoms with Crippen LogP contribution in [0.3, 0.4) is 0 Å². The third kappa shape index (κ3) is 4.48. The molecule has 1 saturated carbocycles. The van der Waals surface area contributed by atoms with Crippen molar-refractivity contribution in [1.82, 2.24) is 5.32 Å². The molecule has 0 amide bonds. The van der Waals surface area contributed by atoms with Gasteiger partial charge in [-0.05, 0) is 49.7 Å². The van der Waals surface area contributed by atoms with Crippen molar-refractivity contribution >= 4 is 0 Å². The first-order chi connectivity index (χ1) is 10.6. The number of aliphatic hydroxyl groups is 1. The van der Waals surface area contributed by atoms with E-state index in [1.165, 1.54) is 5.56 Å². The lowest BCUT2D eigenvalue weighted by Gasteiger charge is -2.38. The molecular weight excluding hydrogens is 303 g/mol. The number of benzene rings is 1. The molecule has 0 saturated heterocycles. The van der Waals surface area contributed by atoms with Crippen LogP contribution < -0.4 is 5.32 Å². The lowest BCUT2D eigenvalue weighted by atomic mass is 9.77. The van der Waals surface area contributed by atoms with Gasteiger partial charge in [0.2, 0.25) is 0 Å². The van der Waals surface area contributed by atoms with Crippen LogP contribution in [-0.2, 0) is 5.60 Å². The van der Waals surface area contributed by atoms with Gasteiger partial charge in [-0.15, -0.1) is 0 Å². The summed E-state index contributed by atoms with van der Waals surface area (Å²) in [4.78, 5) is 0. The molecule has 0 aromatic heterocycles.